The lowest BCUT2D eigenvalue weighted by molar-refractivity contribution is -0.141. The van der Waals surface area contributed by atoms with E-state index in [9.17, 15) is 4.79 Å². The first-order valence-electron chi connectivity index (χ1n) is 5.53. The number of likely N-dealkylation sites (N-methyl/N-ethyl adjacent to an activating group) is 1. The molecule has 0 heterocycles. The lowest BCUT2D eigenvalue weighted by Crippen LogP contribution is -2.41. The summed E-state index contributed by atoms with van der Waals surface area (Å²) >= 11 is 0. The Kier molecular flexibility index (Phi) is 5.95. The molecule has 0 bridgehead atoms. The van der Waals surface area contributed by atoms with Gasteiger partial charge in [-0.3, -0.25) is 4.79 Å². The van der Waals surface area contributed by atoms with Gasteiger partial charge >= 0.3 is 0 Å². The normalized spacial score (nSPS) is 14.5. The van der Waals surface area contributed by atoms with Crippen molar-refractivity contribution in [1.29, 1.82) is 0 Å². The van der Waals surface area contributed by atoms with Gasteiger partial charge in [-0.2, -0.15) is 0 Å². The lowest BCUT2D eigenvalue weighted by atomic mass is 10.2. The number of hydrogen-bond acceptors (Lipinski definition) is 4. The number of nitrogens with two attached hydrogens (primary N) is 1. The van der Waals surface area contributed by atoms with Crippen molar-refractivity contribution in [2.24, 2.45) is 10.9 Å². The molecule has 1 atom stereocenters. The van der Waals surface area contributed by atoms with Crippen LogP contribution >= 0.6 is 0 Å². The van der Waals surface area contributed by atoms with Gasteiger partial charge in [0, 0.05) is 19.5 Å². The van der Waals surface area contributed by atoms with E-state index in [2.05, 4.69) is 5.16 Å². The molecule has 0 aliphatic heterocycles. The number of hydrogen-bond donors (Lipinski definition) is 2. The Morgan fingerprint density at radius 3 is 2.47 bits per heavy atom. The SMILES string of the molecule is CC(CC(N)=NO)N(C)C(=O)COC(C)(C)C. The van der Waals surface area contributed by atoms with Gasteiger partial charge in [-0.05, 0) is 27.7 Å². The molecule has 0 aliphatic carbocycles. The molecule has 0 aliphatic rings. The van der Waals surface area contributed by atoms with Gasteiger partial charge in [-0.1, -0.05) is 5.16 Å². The van der Waals surface area contributed by atoms with Gasteiger partial charge < -0.3 is 20.6 Å². The predicted molar refractivity (Wildman–Crippen MR) is 66.0 cm³/mol. The molecule has 0 aromatic rings. The van der Waals surface area contributed by atoms with E-state index < -0.39 is 0 Å². The summed E-state index contributed by atoms with van der Waals surface area (Å²) in [6, 6.07) is -0.137. The number of nitrogens with zero attached hydrogens (tertiary/aromatic N) is 2. The number of amides is 1. The third-order valence-corrected chi connectivity index (χ3v) is 2.32. The molecule has 1 unspecified atom stereocenters. The zero-order valence-electron chi connectivity index (χ0n) is 11.2. The second-order valence-electron chi connectivity index (χ2n) is 5.05. The van der Waals surface area contributed by atoms with E-state index in [4.69, 9.17) is 15.7 Å². The van der Waals surface area contributed by atoms with Crippen molar-refractivity contribution in [2.45, 2.75) is 45.8 Å². The molecule has 100 valence electrons. The van der Waals surface area contributed by atoms with Crippen LogP contribution in [0, 0.1) is 0 Å². The summed E-state index contributed by atoms with van der Waals surface area (Å²) < 4.78 is 5.39. The molecule has 0 rings (SSSR count). The second-order valence-corrected chi connectivity index (χ2v) is 5.05. The number of ether oxygens (including phenoxy) is 1. The van der Waals surface area contributed by atoms with Crippen molar-refractivity contribution >= 4 is 11.7 Å². The summed E-state index contributed by atoms with van der Waals surface area (Å²) in [4.78, 5) is 13.3. The van der Waals surface area contributed by atoms with Gasteiger partial charge in [0.1, 0.15) is 12.4 Å². The average Bonchev–Trinajstić information content (AvgIpc) is 2.23. The van der Waals surface area contributed by atoms with Crippen LogP contribution in [0.4, 0.5) is 0 Å². The highest BCUT2D eigenvalue weighted by molar-refractivity contribution is 5.82. The van der Waals surface area contributed by atoms with E-state index in [1.165, 1.54) is 4.90 Å². The average molecular weight is 245 g/mol. The Morgan fingerprint density at radius 1 is 1.53 bits per heavy atom. The maximum atomic E-state index is 11.8. The highest BCUT2D eigenvalue weighted by atomic mass is 16.5. The van der Waals surface area contributed by atoms with E-state index in [1.54, 1.807) is 7.05 Å². The smallest absolute Gasteiger partial charge is 0.248 e. The molecule has 0 aromatic carbocycles. The van der Waals surface area contributed by atoms with Crippen molar-refractivity contribution in [3.8, 4) is 0 Å². The van der Waals surface area contributed by atoms with Crippen LogP contribution in [0.25, 0.3) is 0 Å². The third kappa shape index (κ3) is 6.78. The molecule has 17 heavy (non-hydrogen) atoms. The molecule has 0 radical (unpaired) electrons. The Labute approximate surface area is 102 Å². The van der Waals surface area contributed by atoms with Gasteiger partial charge in [-0.15, -0.1) is 0 Å². The van der Waals surface area contributed by atoms with E-state index in [1.807, 2.05) is 27.7 Å². The summed E-state index contributed by atoms with van der Waals surface area (Å²) in [6.07, 6.45) is 0.328. The Bertz CT molecular complexity index is 284. The highest BCUT2D eigenvalue weighted by Gasteiger charge is 2.19. The molecule has 0 saturated carbocycles. The summed E-state index contributed by atoms with van der Waals surface area (Å²) in [5, 5.41) is 11.3. The van der Waals surface area contributed by atoms with E-state index in [-0.39, 0.29) is 30.0 Å². The van der Waals surface area contributed by atoms with Crippen molar-refractivity contribution < 1.29 is 14.7 Å². The fourth-order valence-electron chi connectivity index (χ4n) is 1.11. The predicted octanol–water partition coefficient (Wildman–Crippen LogP) is 0.785. The lowest BCUT2D eigenvalue weighted by Gasteiger charge is -2.26. The van der Waals surface area contributed by atoms with Gasteiger partial charge in [0.2, 0.25) is 5.91 Å². The molecule has 3 N–H and O–H groups in total. The fourth-order valence-corrected chi connectivity index (χ4v) is 1.11. The standard InChI is InChI=1S/C11H23N3O3/c1-8(6-9(12)13-16)14(5)10(15)7-17-11(2,3)4/h8,16H,6-7H2,1-5H3,(H2,12,13). The van der Waals surface area contributed by atoms with Crippen LogP contribution in [-0.2, 0) is 9.53 Å². The van der Waals surface area contributed by atoms with E-state index in [0.717, 1.165) is 0 Å². The van der Waals surface area contributed by atoms with Crippen LogP contribution < -0.4 is 5.73 Å². The third-order valence-electron chi connectivity index (χ3n) is 2.32. The second kappa shape index (κ2) is 6.44. The van der Waals surface area contributed by atoms with Crippen LogP contribution in [-0.4, -0.2) is 47.1 Å². The van der Waals surface area contributed by atoms with Crippen molar-refractivity contribution in [3.63, 3.8) is 0 Å². The monoisotopic (exact) mass is 245 g/mol. The van der Waals surface area contributed by atoms with Crippen molar-refractivity contribution in [2.75, 3.05) is 13.7 Å². The Balaban J connectivity index is 4.21. The van der Waals surface area contributed by atoms with Crippen LogP contribution in [0.5, 0.6) is 0 Å². The molecule has 0 spiro atoms. The first-order valence-corrected chi connectivity index (χ1v) is 5.53. The maximum Gasteiger partial charge on any atom is 0.248 e. The van der Waals surface area contributed by atoms with Crippen LogP contribution in [0.2, 0.25) is 0 Å². The van der Waals surface area contributed by atoms with Gasteiger partial charge in [0.15, 0.2) is 0 Å². The molecule has 6 heteroatoms. The first-order chi connectivity index (χ1) is 7.67. The molecular formula is C11H23N3O3. The Hall–Kier alpha value is -1.30. The maximum absolute atomic E-state index is 11.8. The molecular weight excluding hydrogens is 222 g/mol. The Morgan fingerprint density at radius 2 is 2.06 bits per heavy atom. The van der Waals surface area contributed by atoms with Crippen LogP contribution in [0.15, 0.2) is 5.16 Å². The number of carbonyl (C=O) groups excluding carboxylic acids is 1. The summed E-state index contributed by atoms with van der Waals surface area (Å²) in [5.74, 6) is -0.0212. The molecule has 6 nitrogen and oxygen atoms in total. The topological polar surface area (TPSA) is 88.2 Å². The molecule has 1 amide bonds. The van der Waals surface area contributed by atoms with E-state index >= 15 is 0 Å². The van der Waals surface area contributed by atoms with Crippen LogP contribution in [0.3, 0.4) is 0 Å². The number of carbonyl (C=O) groups is 1. The summed E-state index contributed by atoms with van der Waals surface area (Å²) in [7, 11) is 1.67. The van der Waals surface area contributed by atoms with Gasteiger partial charge in [0.05, 0.1) is 5.60 Å². The minimum atomic E-state index is -0.342. The molecule has 0 aromatic heterocycles. The van der Waals surface area contributed by atoms with Gasteiger partial charge in [0.25, 0.3) is 0 Å². The van der Waals surface area contributed by atoms with E-state index in [0.29, 0.717) is 6.42 Å². The zero-order valence-corrected chi connectivity index (χ0v) is 11.2. The molecule has 0 saturated heterocycles. The molecule has 0 fully saturated rings. The summed E-state index contributed by atoms with van der Waals surface area (Å²) in [5.41, 5.74) is 5.04. The van der Waals surface area contributed by atoms with Crippen molar-refractivity contribution in [1.82, 2.24) is 4.90 Å². The van der Waals surface area contributed by atoms with Crippen molar-refractivity contribution in [3.05, 3.63) is 0 Å². The zero-order chi connectivity index (χ0) is 13.6. The highest BCUT2D eigenvalue weighted by Crippen LogP contribution is 2.08. The minimum Gasteiger partial charge on any atom is -0.409 e. The number of rotatable bonds is 5. The van der Waals surface area contributed by atoms with Crippen LogP contribution in [0.1, 0.15) is 34.1 Å². The number of amidine groups is 1. The fraction of sp³-hybridized carbons (Fsp3) is 0.818. The minimum absolute atomic E-state index is 0.0283. The quantitative estimate of drug-likeness (QED) is 0.324. The summed E-state index contributed by atoms with van der Waals surface area (Å²) in [6.45, 7) is 7.52. The first kappa shape index (κ1) is 15.7. The largest absolute Gasteiger partial charge is 0.409 e. The number of oxime groups is 1. The van der Waals surface area contributed by atoms with Gasteiger partial charge in [-0.25, -0.2) is 0 Å².